The number of nitrogens with zero attached hydrogens (tertiary/aromatic N) is 4. The van der Waals surface area contributed by atoms with Crippen LogP contribution < -0.4 is 4.74 Å². The van der Waals surface area contributed by atoms with E-state index >= 15 is 0 Å². The molecule has 2 atom stereocenters. The fraction of sp³-hybridized carbons (Fsp3) is 0.424. The molecule has 5 nitrogen and oxygen atoms in total. The lowest BCUT2D eigenvalue weighted by atomic mass is 9.97. The summed E-state index contributed by atoms with van der Waals surface area (Å²) in [6.45, 7) is 10.4. The van der Waals surface area contributed by atoms with Crippen molar-refractivity contribution >= 4 is 40.3 Å². The van der Waals surface area contributed by atoms with E-state index in [-0.39, 0.29) is 15.2 Å². The summed E-state index contributed by atoms with van der Waals surface area (Å²) >= 11 is 2.60. The fourth-order valence-electron chi connectivity index (χ4n) is 5.07. The first-order valence-electron chi connectivity index (χ1n) is 13.9. The van der Waals surface area contributed by atoms with Gasteiger partial charge < -0.3 is 9.64 Å². The number of benzene rings is 1. The Morgan fingerprint density at radius 1 is 1.23 bits per heavy atom. The molecular weight excluding hydrogens is 614 g/mol. The summed E-state index contributed by atoms with van der Waals surface area (Å²) in [6, 6.07) is 12.7. The van der Waals surface area contributed by atoms with Crippen LogP contribution >= 0.6 is 22.6 Å². The molecule has 7 heteroatoms. The van der Waals surface area contributed by atoms with Crippen LogP contribution in [-0.4, -0.2) is 52.6 Å². The second-order valence-electron chi connectivity index (χ2n) is 10.4. The molecule has 0 radical (unpaired) electrons. The molecule has 214 valence electrons. The molecule has 0 amide bonds. The number of pyridine rings is 1. The smallest absolute Gasteiger partial charge is 0.213 e. The maximum absolute atomic E-state index is 13.7. The third kappa shape index (κ3) is 9.11. The first-order valence-corrected chi connectivity index (χ1v) is 15.0. The lowest BCUT2D eigenvalue weighted by Crippen LogP contribution is -2.34. The summed E-state index contributed by atoms with van der Waals surface area (Å²) in [5.74, 6) is 1.35. The van der Waals surface area contributed by atoms with Gasteiger partial charge in [-0.1, -0.05) is 71.5 Å². The van der Waals surface area contributed by atoms with Gasteiger partial charge in [-0.3, -0.25) is 4.99 Å². The number of aliphatic imine (C=N–C) groups is 2. The van der Waals surface area contributed by atoms with Crippen molar-refractivity contribution in [3.63, 3.8) is 0 Å². The Hall–Kier alpha value is -2.81. The Balaban J connectivity index is 1.78. The summed E-state index contributed by atoms with van der Waals surface area (Å²) in [5, 5.41) is 0. The molecule has 0 saturated carbocycles. The van der Waals surface area contributed by atoms with Gasteiger partial charge >= 0.3 is 0 Å². The monoisotopic (exact) mass is 656 g/mol. The average molecular weight is 657 g/mol. The van der Waals surface area contributed by atoms with Crippen LogP contribution in [0.2, 0.25) is 0 Å². The van der Waals surface area contributed by atoms with Crippen LogP contribution in [0.3, 0.4) is 0 Å². The van der Waals surface area contributed by atoms with Crippen molar-refractivity contribution in [2.24, 2.45) is 15.9 Å². The summed E-state index contributed by atoms with van der Waals surface area (Å²) in [6.07, 6.45) is 12.1. The van der Waals surface area contributed by atoms with Crippen molar-refractivity contribution in [2.45, 2.75) is 56.8 Å². The van der Waals surface area contributed by atoms with E-state index in [1.54, 1.807) is 26.3 Å². The molecule has 1 saturated heterocycles. The van der Waals surface area contributed by atoms with E-state index in [0.29, 0.717) is 5.88 Å². The molecule has 2 unspecified atom stereocenters. The molecule has 2 aromatic rings. The first kappa shape index (κ1) is 31.7. The van der Waals surface area contributed by atoms with Crippen LogP contribution in [0, 0.1) is 11.7 Å². The van der Waals surface area contributed by atoms with Gasteiger partial charge in [0.15, 0.2) is 5.84 Å². The zero-order valence-corrected chi connectivity index (χ0v) is 26.8. The molecule has 1 fully saturated rings. The lowest BCUT2D eigenvalue weighted by Gasteiger charge is -2.31. The third-order valence-corrected chi connectivity index (χ3v) is 7.81. The van der Waals surface area contributed by atoms with Gasteiger partial charge in [-0.25, -0.2) is 14.4 Å². The summed E-state index contributed by atoms with van der Waals surface area (Å²) in [7, 11) is 3.44. The Morgan fingerprint density at radius 2 is 2.00 bits per heavy atom. The van der Waals surface area contributed by atoms with E-state index in [1.165, 1.54) is 11.6 Å². The molecule has 2 heterocycles. The van der Waals surface area contributed by atoms with E-state index in [1.807, 2.05) is 37.4 Å². The molecule has 1 aliphatic heterocycles. The second kappa shape index (κ2) is 15.3. The number of allylic oxidation sites excluding steroid dienone is 2. The number of rotatable bonds is 9. The molecule has 0 N–H and O–H groups in total. The van der Waals surface area contributed by atoms with Crippen LogP contribution in [0.15, 0.2) is 81.8 Å². The number of aromatic nitrogens is 1. The van der Waals surface area contributed by atoms with E-state index in [9.17, 15) is 4.39 Å². The minimum atomic E-state index is -0.200. The largest absolute Gasteiger partial charge is 0.481 e. The first-order chi connectivity index (χ1) is 19.2. The highest BCUT2D eigenvalue weighted by Crippen LogP contribution is 2.36. The molecule has 3 rings (SSSR count). The highest BCUT2D eigenvalue weighted by Gasteiger charge is 2.30. The van der Waals surface area contributed by atoms with E-state index in [2.05, 4.69) is 71.5 Å². The Bertz CT molecular complexity index is 1290. The number of amidine groups is 1. The van der Waals surface area contributed by atoms with Crippen molar-refractivity contribution in [3.8, 4) is 5.88 Å². The summed E-state index contributed by atoms with van der Waals surface area (Å²) in [5.41, 5.74) is 5.43. The number of hydrogen-bond acceptors (Lipinski definition) is 4. The van der Waals surface area contributed by atoms with Gasteiger partial charge in [0.05, 0.1) is 18.5 Å². The number of likely N-dealkylation sites (tertiary alicyclic amines) is 1. The molecule has 0 bridgehead atoms. The van der Waals surface area contributed by atoms with Gasteiger partial charge in [0.25, 0.3) is 0 Å². The number of ether oxygens (including phenoxy) is 1. The van der Waals surface area contributed by atoms with Gasteiger partial charge in [0.1, 0.15) is 5.82 Å². The molecule has 1 aliphatic rings. The van der Waals surface area contributed by atoms with Crippen LogP contribution in [0.1, 0.15) is 58.2 Å². The average Bonchev–Trinajstić information content (AvgIpc) is 3.09. The Labute approximate surface area is 253 Å². The summed E-state index contributed by atoms with van der Waals surface area (Å²) in [4.78, 5) is 16.5. The van der Waals surface area contributed by atoms with Crippen molar-refractivity contribution in [1.29, 1.82) is 0 Å². The zero-order chi connectivity index (χ0) is 29.1. The minimum absolute atomic E-state index is 0.0388. The molecule has 1 aromatic heterocycles. The quantitative estimate of drug-likeness (QED) is 0.119. The van der Waals surface area contributed by atoms with Gasteiger partial charge in [-0.05, 0) is 76.1 Å². The predicted molar refractivity (Wildman–Crippen MR) is 175 cm³/mol. The van der Waals surface area contributed by atoms with E-state index in [0.717, 1.165) is 67.1 Å². The molecule has 0 aliphatic carbocycles. The number of halogens is 2. The predicted octanol–water partition coefficient (Wildman–Crippen LogP) is 8.12. The van der Waals surface area contributed by atoms with Crippen molar-refractivity contribution in [2.75, 3.05) is 27.2 Å². The van der Waals surface area contributed by atoms with Gasteiger partial charge in [0.2, 0.25) is 5.88 Å². The minimum Gasteiger partial charge on any atom is -0.481 e. The number of alkyl halides is 1. The maximum atomic E-state index is 13.7. The molecular formula is C33H42FIN4O. The maximum Gasteiger partial charge on any atom is 0.213 e. The van der Waals surface area contributed by atoms with Gasteiger partial charge in [-0.15, -0.1) is 0 Å². The molecule has 0 spiro atoms. The van der Waals surface area contributed by atoms with E-state index in [4.69, 9.17) is 14.7 Å². The molecule has 1 aromatic carbocycles. The number of hydrogen-bond donors (Lipinski definition) is 0. The van der Waals surface area contributed by atoms with Crippen LogP contribution in [-0.2, 0) is 6.42 Å². The van der Waals surface area contributed by atoms with Crippen LogP contribution in [0.4, 0.5) is 4.39 Å². The zero-order valence-electron chi connectivity index (χ0n) is 24.6. The van der Waals surface area contributed by atoms with Crippen molar-refractivity contribution < 1.29 is 9.13 Å². The third-order valence-electron chi connectivity index (χ3n) is 7.09. The second-order valence-corrected chi connectivity index (χ2v) is 13.0. The topological polar surface area (TPSA) is 50.1 Å². The van der Waals surface area contributed by atoms with Crippen molar-refractivity contribution in [3.05, 3.63) is 88.9 Å². The summed E-state index contributed by atoms with van der Waals surface area (Å²) < 4.78 is 19.1. The van der Waals surface area contributed by atoms with Crippen molar-refractivity contribution in [1.82, 2.24) is 9.88 Å². The highest BCUT2D eigenvalue weighted by atomic mass is 127. The standard InChI is InChI=1S/C33H42FIN4O/c1-7-24(18-25-12-10-13-28(34)20-25)22-37-32(36-5)27(8-2)19-26-16-17-39(23-33(4,35)21-26)30(9-3)29-14-11-15-31(38-29)40-6/h8-15,19-20,22,24H,7,16-18,21,23H2,1-6H3/b26-19+,27-8?,30-9?,36-32?,37-22?. The normalized spacial score (nSPS) is 21.1. The van der Waals surface area contributed by atoms with Gasteiger partial charge in [-0.2, -0.15) is 0 Å². The Kier molecular flexibility index (Phi) is 12.1. The van der Waals surface area contributed by atoms with Crippen LogP contribution in [0.25, 0.3) is 5.70 Å². The lowest BCUT2D eigenvalue weighted by molar-refractivity contribution is 0.383. The fourth-order valence-corrected chi connectivity index (χ4v) is 5.97. The van der Waals surface area contributed by atoms with Crippen LogP contribution in [0.5, 0.6) is 5.88 Å². The van der Waals surface area contributed by atoms with E-state index < -0.39 is 0 Å². The van der Waals surface area contributed by atoms with Gasteiger partial charge in [0, 0.05) is 41.4 Å². The SMILES string of the molecule is CC=C(/C=C1\CCN(C(=CC)c2cccc(OC)n2)CC(C)(I)C1)C(N=CC(CC)Cc1cccc(F)c1)=NC. The highest BCUT2D eigenvalue weighted by molar-refractivity contribution is 14.1. The number of methoxy groups -OCH3 is 1. The molecule has 40 heavy (non-hydrogen) atoms. The Morgan fingerprint density at radius 3 is 2.65 bits per heavy atom.